The second-order valence-corrected chi connectivity index (χ2v) is 5.92. The molecule has 8 heteroatoms. The quantitative estimate of drug-likeness (QED) is 0.899. The van der Waals surface area contributed by atoms with Crippen molar-refractivity contribution >= 4 is 29.7 Å². The van der Waals surface area contributed by atoms with Crippen LogP contribution in [-0.2, 0) is 11.2 Å². The van der Waals surface area contributed by atoms with Crippen molar-refractivity contribution in [1.29, 1.82) is 0 Å². The van der Waals surface area contributed by atoms with Gasteiger partial charge in [0, 0.05) is 42.9 Å². The van der Waals surface area contributed by atoms with Crippen LogP contribution in [0.2, 0.25) is 0 Å². The minimum Gasteiger partial charge on any atom is -0.339 e. The number of likely N-dealkylation sites (tertiary alicyclic amines) is 1. The summed E-state index contributed by atoms with van der Waals surface area (Å²) in [4.78, 5) is 18.4. The van der Waals surface area contributed by atoms with E-state index in [9.17, 15) is 4.79 Å². The Morgan fingerprint density at radius 2 is 2.41 bits per heavy atom. The van der Waals surface area contributed by atoms with E-state index in [2.05, 4.69) is 10.1 Å². The van der Waals surface area contributed by atoms with E-state index >= 15 is 0 Å². The third kappa shape index (κ3) is 3.66. The molecule has 1 unspecified atom stereocenters. The Kier molecular flexibility index (Phi) is 5.93. The molecule has 1 atom stereocenters. The van der Waals surface area contributed by atoms with E-state index in [1.807, 2.05) is 21.7 Å². The lowest BCUT2D eigenvalue weighted by Crippen LogP contribution is -2.40. The topological polar surface area (TPSA) is 85.2 Å². The Labute approximate surface area is 139 Å². The van der Waals surface area contributed by atoms with Gasteiger partial charge in [0.1, 0.15) is 0 Å². The number of rotatable bonds is 5. The zero-order valence-electron chi connectivity index (χ0n) is 12.1. The largest absolute Gasteiger partial charge is 0.339 e. The number of thiophene rings is 1. The fraction of sp³-hybridized carbons (Fsp3) is 0.500. The number of aromatic nitrogens is 2. The van der Waals surface area contributed by atoms with Crippen molar-refractivity contribution in [2.75, 3.05) is 13.1 Å². The van der Waals surface area contributed by atoms with Crippen molar-refractivity contribution in [3.8, 4) is 11.4 Å². The average Bonchev–Trinajstić information content (AvgIpc) is 3.24. The number of nitrogens with two attached hydrogens (primary N) is 1. The number of hydrogen-bond acceptors (Lipinski definition) is 6. The van der Waals surface area contributed by atoms with Gasteiger partial charge in [-0.2, -0.15) is 16.3 Å². The molecule has 2 aromatic rings. The molecule has 1 aliphatic rings. The van der Waals surface area contributed by atoms with Crippen LogP contribution in [0.15, 0.2) is 21.3 Å². The number of carbonyl (C=O) groups is 1. The van der Waals surface area contributed by atoms with E-state index in [0.717, 1.165) is 24.9 Å². The number of carbonyl (C=O) groups excluding carboxylic acids is 1. The molecular weight excluding hydrogens is 324 g/mol. The summed E-state index contributed by atoms with van der Waals surface area (Å²) in [7, 11) is 0. The number of aryl methyl sites for hydroxylation is 1. The van der Waals surface area contributed by atoms with Gasteiger partial charge in [-0.3, -0.25) is 4.79 Å². The summed E-state index contributed by atoms with van der Waals surface area (Å²) in [5.74, 6) is 1.21. The van der Waals surface area contributed by atoms with Gasteiger partial charge in [0.2, 0.25) is 17.6 Å². The van der Waals surface area contributed by atoms with Crippen molar-refractivity contribution < 1.29 is 9.32 Å². The normalized spacial score (nSPS) is 17.5. The first kappa shape index (κ1) is 16.9. The molecule has 0 aliphatic carbocycles. The number of hydrogen-bond donors (Lipinski definition) is 1. The smallest absolute Gasteiger partial charge is 0.227 e. The summed E-state index contributed by atoms with van der Waals surface area (Å²) in [6.45, 7) is 1.35. The summed E-state index contributed by atoms with van der Waals surface area (Å²) < 4.78 is 5.20. The monoisotopic (exact) mass is 342 g/mol. The van der Waals surface area contributed by atoms with E-state index in [-0.39, 0.29) is 24.4 Å². The molecule has 0 aromatic carbocycles. The first-order valence-electron chi connectivity index (χ1n) is 7.12. The molecule has 1 fully saturated rings. The van der Waals surface area contributed by atoms with Crippen LogP contribution < -0.4 is 5.73 Å². The maximum absolute atomic E-state index is 12.2. The minimum absolute atomic E-state index is 0. The highest BCUT2D eigenvalue weighted by Gasteiger charge is 2.27. The predicted molar refractivity (Wildman–Crippen MR) is 87.0 cm³/mol. The molecule has 0 saturated carbocycles. The SMILES string of the molecule is Cl.NCC1CCCN1C(=O)CCc1nc(-c2ccsc2)no1. The first-order valence-corrected chi connectivity index (χ1v) is 8.07. The molecule has 0 radical (unpaired) electrons. The van der Waals surface area contributed by atoms with Crippen molar-refractivity contribution in [1.82, 2.24) is 15.0 Å². The summed E-state index contributed by atoms with van der Waals surface area (Å²) >= 11 is 1.59. The molecule has 6 nitrogen and oxygen atoms in total. The van der Waals surface area contributed by atoms with Gasteiger partial charge in [0.15, 0.2) is 0 Å². The summed E-state index contributed by atoms with van der Waals surface area (Å²) in [5.41, 5.74) is 6.64. The highest BCUT2D eigenvalue weighted by Crippen LogP contribution is 2.20. The minimum atomic E-state index is 0. The summed E-state index contributed by atoms with van der Waals surface area (Å²) in [5, 5.41) is 7.88. The lowest BCUT2D eigenvalue weighted by Gasteiger charge is -2.23. The van der Waals surface area contributed by atoms with Gasteiger partial charge in [-0.1, -0.05) is 5.16 Å². The maximum atomic E-state index is 12.2. The molecule has 120 valence electrons. The average molecular weight is 343 g/mol. The standard InChI is InChI=1S/C14H18N4O2S.ClH/c15-8-11-2-1-6-18(11)13(19)4-3-12-16-14(17-20-12)10-5-7-21-9-10;/h5,7,9,11H,1-4,6,8,15H2;1H. The van der Waals surface area contributed by atoms with Gasteiger partial charge in [0.25, 0.3) is 0 Å². The van der Waals surface area contributed by atoms with Crippen LogP contribution in [0.5, 0.6) is 0 Å². The number of halogens is 1. The van der Waals surface area contributed by atoms with Gasteiger partial charge in [-0.05, 0) is 24.3 Å². The molecule has 1 aliphatic heterocycles. The van der Waals surface area contributed by atoms with Crippen molar-refractivity contribution in [2.24, 2.45) is 5.73 Å². The van der Waals surface area contributed by atoms with Crippen LogP contribution in [0.25, 0.3) is 11.4 Å². The van der Waals surface area contributed by atoms with Crippen LogP contribution in [0, 0.1) is 0 Å². The van der Waals surface area contributed by atoms with Gasteiger partial charge < -0.3 is 15.2 Å². The van der Waals surface area contributed by atoms with E-state index < -0.39 is 0 Å². The van der Waals surface area contributed by atoms with Gasteiger partial charge in [-0.15, -0.1) is 12.4 Å². The second kappa shape index (κ2) is 7.71. The summed E-state index contributed by atoms with van der Waals surface area (Å²) in [6, 6.07) is 2.14. The molecule has 1 saturated heterocycles. The van der Waals surface area contributed by atoms with Crippen LogP contribution in [0.1, 0.15) is 25.2 Å². The number of nitrogens with zero attached hydrogens (tertiary/aromatic N) is 3. The molecule has 3 rings (SSSR count). The predicted octanol–water partition coefficient (Wildman–Crippen LogP) is 2.10. The molecule has 2 N–H and O–H groups in total. The van der Waals surface area contributed by atoms with Crippen LogP contribution in [0.4, 0.5) is 0 Å². The lowest BCUT2D eigenvalue weighted by atomic mass is 10.2. The van der Waals surface area contributed by atoms with Crippen LogP contribution >= 0.6 is 23.7 Å². The Morgan fingerprint density at radius 1 is 1.55 bits per heavy atom. The van der Waals surface area contributed by atoms with Crippen LogP contribution in [0.3, 0.4) is 0 Å². The van der Waals surface area contributed by atoms with Gasteiger partial charge in [-0.25, -0.2) is 0 Å². The lowest BCUT2D eigenvalue weighted by molar-refractivity contribution is -0.131. The molecule has 2 aromatic heterocycles. The maximum Gasteiger partial charge on any atom is 0.227 e. The molecule has 1 amide bonds. The number of amides is 1. The highest BCUT2D eigenvalue weighted by atomic mass is 35.5. The third-order valence-corrected chi connectivity index (χ3v) is 4.45. The highest BCUT2D eigenvalue weighted by molar-refractivity contribution is 7.08. The Hall–Kier alpha value is -1.44. The zero-order valence-corrected chi connectivity index (χ0v) is 13.7. The molecule has 0 spiro atoms. The van der Waals surface area contributed by atoms with E-state index in [4.69, 9.17) is 10.3 Å². The second-order valence-electron chi connectivity index (χ2n) is 5.14. The molecule has 0 bridgehead atoms. The fourth-order valence-electron chi connectivity index (χ4n) is 2.63. The van der Waals surface area contributed by atoms with Crippen LogP contribution in [-0.4, -0.2) is 40.1 Å². The third-order valence-electron chi connectivity index (χ3n) is 3.77. The van der Waals surface area contributed by atoms with E-state index in [1.165, 1.54) is 0 Å². The Morgan fingerprint density at radius 3 is 3.14 bits per heavy atom. The fourth-order valence-corrected chi connectivity index (χ4v) is 3.27. The van der Waals surface area contributed by atoms with Crippen molar-refractivity contribution in [3.63, 3.8) is 0 Å². The molecule has 3 heterocycles. The molecular formula is C14H19ClN4O2S. The zero-order chi connectivity index (χ0) is 14.7. The van der Waals surface area contributed by atoms with Crippen molar-refractivity contribution in [2.45, 2.75) is 31.7 Å². The van der Waals surface area contributed by atoms with Gasteiger partial charge in [0.05, 0.1) is 0 Å². The van der Waals surface area contributed by atoms with Gasteiger partial charge >= 0.3 is 0 Å². The first-order chi connectivity index (χ1) is 10.3. The Bertz CT molecular complexity index is 602. The van der Waals surface area contributed by atoms with E-state index in [0.29, 0.717) is 31.1 Å². The summed E-state index contributed by atoms with van der Waals surface area (Å²) in [6.07, 6.45) is 2.91. The molecule has 22 heavy (non-hydrogen) atoms. The van der Waals surface area contributed by atoms with E-state index in [1.54, 1.807) is 11.3 Å². The Balaban J connectivity index is 0.00000176. The van der Waals surface area contributed by atoms with Crippen molar-refractivity contribution in [3.05, 3.63) is 22.7 Å².